The number of fused-ring (bicyclic) bond motifs is 1. The number of halogens is 1. The van der Waals surface area contributed by atoms with Crippen molar-refractivity contribution in [2.24, 2.45) is 0 Å². The van der Waals surface area contributed by atoms with Crippen molar-refractivity contribution in [1.29, 1.82) is 0 Å². The number of nitrogens with one attached hydrogen (secondary N) is 2. The van der Waals surface area contributed by atoms with Gasteiger partial charge in [0.15, 0.2) is 0 Å². The summed E-state index contributed by atoms with van der Waals surface area (Å²) in [5, 5.41) is 15.8. The third-order valence-electron chi connectivity index (χ3n) is 6.21. The van der Waals surface area contributed by atoms with Crippen LogP contribution in [0.2, 0.25) is 5.02 Å². The zero-order chi connectivity index (χ0) is 24.0. The summed E-state index contributed by atoms with van der Waals surface area (Å²) < 4.78 is 0. The van der Waals surface area contributed by atoms with Gasteiger partial charge in [0.2, 0.25) is 5.91 Å². The molecule has 1 aromatic carbocycles. The summed E-state index contributed by atoms with van der Waals surface area (Å²) in [6.45, 7) is 2.30. The molecule has 0 unspecified atom stereocenters. The van der Waals surface area contributed by atoms with Crippen molar-refractivity contribution in [3.8, 4) is 21.7 Å². The second-order valence-corrected chi connectivity index (χ2v) is 10.6. The van der Waals surface area contributed by atoms with Gasteiger partial charge < -0.3 is 20.3 Å². The molecule has 0 atom stereocenters. The number of anilines is 1. The van der Waals surface area contributed by atoms with Crippen molar-refractivity contribution >= 4 is 45.6 Å². The Morgan fingerprint density at radius 3 is 2.74 bits per heavy atom. The Balaban J connectivity index is 1.48. The maximum atomic E-state index is 12.1. The van der Waals surface area contributed by atoms with Crippen LogP contribution in [0.5, 0.6) is 0 Å². The molecule has 0 bridgehead atoms. The number of aromatic amines is 1. The number of aromatic nitrogens is 3. The molecule has 3 N–H and O–H groups in total. The number of likely N-dealkylation sites (N-methyl/N-ethyl adjacent to an activating group) is 1. The first-order valence-corrected chi connectivity index (χ1v) is 12.3. The monoisotopic (exact) mass is 495 g/mol. The molecule has 0 saturated heterocycles. The largest absolute Gasteiger partial charge is 0.383 e. The highest BCUT2D eigenvalue weighted by atomic mass is 35.5. The Hall–Kier alpha value is -2.78. The number of hydrogen-bond donors (Lipinski definition) is 3. The second kappa shape index (κ2) is 8.78. The van der Waals surface area contributed by atoms with Crippen molar-refractivity contribution in [2.75, 3.05) is 26.0 Å². The fraction of sp³-hybridized carbons (Fsp3) is 0.320. The van der Waals surface area contributed by atoms with Crippen molar-refractivity contribution in [3.05, 3.63) is 52.3 Å². The summed E-state index contributed by atoms with van der Waals surface area (Å²) in [6.07, 6.45) is 5.95. The van der Waals surface area contributed by atoms with E-state index in [0.29, 0.717) is 11.6 Å². The molecule has 1 saturated carbocycles. The van der Waals surface area contributed by atoms with Crippen LogP contribution in [0.3, 0.4) is 0 Å². The molecule has 1 fully saturated rings. The van der Waals surface area contributed by atoms with Crippen LogP contribution in [0.15, 0.2) is 36.7 Å². The molecule has 0 radical (unpaired) electrons. The smallest absolute Gasteiger partial charge is 0.238 e. The zero-order valence-electron chi connectivity index (χ0n) is 19.3. The zero-order valence-corrected chi connectivity index (χ0v) is 20.8. The summed E-state index contributed by atoms with van der Waals surface area (Å²) in [4.78, 5) is 27.3. The standard InChI is InChI=1S/C25H26ClN5O2S/c1-14-9-15(5-6-18(14)29-21(32)13-31(2)3)19-10-16-22(17(26)11-27-23(16)30-19)20-12-28-24(34-20)25(33)7-4-8-25/h5-6,9-12,33H,4,7-8,13H2,1-3H3,(H,27,30)(H,29,32). The number of carbonyl (C=O) groups excluding carboxylic acids is 1. The number of rotatable bonds is 6. The van der Waals surface area contributed by atoms with Crippen LogP contribution in [0.25, 0.3) is 32.7 Å². The van der Waals surface area contributed by atoms with Crippen molar-refractivity contribution in [2.45, 2.75) is 31.8 Å². The third kappa shape index (κ3) is 4.22. The van der Waals surface area contributed by atoms with E-state index in [9.17, 15) is 9.90 Å². The Labute approximate surface area is 206 Å². The third-order valence-corrected chi connectivity index (χ3v) is 7.71. The lowest BCUT2D eigenvalue weighted by Crippen LogP contribution is -2.33. The van der Waals surface area contributed by atoms with E-state index in [2.05, 4.69) is 20.3 Å². The molecule has 4 aromatic rings. The number of benzene rings is 1. The first-order chi connectivity index (χ1) is 16.2. The van der Waals surface area contributed by atoms with Gasteiger partial charge in [-0.05, 0) is 69.6 Å². The Morgan fingerprint density at radius 2 is 2.06 bits per heavy atom. The highest BCUT2D eigenvalue weighted by Crippen LogP contribution is 2.46. The molecule has 1 aliphatic rings. The number of aliphatic hydroxyl groups is 1. The van der Waals surface area contributed by atoms with Crippen LogP contribution in [0, 0.1) is 6.92 Å². The van der Waals surface area contributed by atoms with E-state index < -0.39 is 5.60 Å². The van der Waals surface area contributed by atoms with Gasteiger partial charge in [0.25, 0.3) is 0 Å². The van der Waals surface area contributed by atoms with Gasteiger partial charge in [0.1, 0.15) is 16.3 Å². The lowest BCUT2D eigenvalue weighted by Gasteiger charge is -2.34. The summed E-state index contributed by atoms with van der Waals surface area (Å²) in [6, 6.07) is 7.97. The van der Waals surface area contributed by atoms with Crippen LogP contribution in [-0.2, 0) is 10.4 Å². The fourth-order valence-corrected chi connectivity index (χ4v) is 5.68. The van der Waals surface area contributed by atoms with Gasteiger partial charge in [-0.25, -0.2) is 9.97 Å². The number of thiazole rings is 1. The van der Waals surface area contributed by atoms with Gasteiger partial charge in [-0.15, -0.1) is 11.3 Å². The Kier molecular flexibility index (Phi) is 5.93. The molecule has 1 amide bonds. The minimum Gasteiger partial charge on any atom is -0.383 e. The Morgan fingerprint density at radius 1 is 1.26 bits per heavy atom. The van der Waals surface area contributed by atoms with Crippen LogP contribution < -0.4 is 5.32 Å². The number of nitrogens with zero attached hydrogens (tertiary/aromatic N) is 3. The normalized spacial score (nSPS) is 15.0. The van der Waals surface area contributed by atoms with Crippen LogP contribution in [-0.4, -0.2) is 51.5 Å². The predicted molar refractivity (Wildman–Crippen MR) is 137 cm³/mol. The number of pyridine rings is 1. The van der Waals surface area contributed by atoms with E-state index in [0.717, 1.165) is 68.3 Å². The van der Waals surface area contributed by atoms with Gasteiger partial charge in [0, 0.05) is 34.7 Å². The van der Waals surface area contributed by atoms with Crippen LogP contribution >= 0.6 is 22.9 Å². The Bertz CT molecular complexity index is 1390. The van der Waals surface area contributed by atoms with Gasteiger partial charge in [0.05, 0.1) is 16.4 Å². The molecular formula is C25H26ClN5O2S. The van der Waals surface area contributed by atoms with Crippen molar-refractivity contribution in [1.82, 2.24) is 19.9 Å². The van der Waals surface area contributed by atoms with Gasteiger partial charge in [-0.3, -0.25) is 4.79 Å². The molecule has 9 heteroatoms. The lowest BCUT2D eigenvalue weighted by molar-refractivity contribution is -0.116. The summed E-state index contributed by atoms with van der Waals surface area (Å²) in [7, 11) is 3.73. The highest BCUT2D eigenvalue weighted by Gasteiger charge is 2.39. The lowest BCUT2D eigenvalue weighted by atomic mass is 9.81. The SMILES string of the molecule is Cc1cc(-c2cc3c(-c4cnc(C5(O)CCC5)s4)c(Cl)cnc3[nH]2)ccc1NC(=O)CN(C)C. The average Bonchev–Trinajstić information content (AvgIpc) is 3.40. The van der Waals surface area contributed by atoms with Crippen LogP contribution in [0.1, 0.15) is 29.8 Å². The molecule has 0 aliphatic heterocycles. The first-order valence-electron chi connectivity index (χ1n) is 11.2. The van der Waals surface area contributed by atoms with E-state index in [1.54, 1.807) is 12.4 Å². The number of hydrogen-bond acceptors (Lipinski definition) is 6. The minimum atomic E-state index is -0.800. The summed E-state index contributed by atoms with van der Waals surface area (Å²) in [5.74, 6) is -0.0505. The maximum Gasteiger partial charge on any atom is 0.238 e. The first kappa shape index (κ1) is 23.0. The molecule has 3 heterocycles. The second-order valence-electron chi connectivity index (χ2n) is 9.16. The molecule has 0 spiro atoms. The van der Waals surface area contributed by atoms with Gasteiger partial charge >= 0.3 is 0 Å². The molecular weight excluding hydrogens is 470 g/mol. The predicted octanol–water partition coefficient (Wildman–Crippen LogP) is 5.19. The topological polar surface area (TPSA) is 94.1 Å². The number of aryl methyl sites for hydroxylation is 1. The molecule has 176 valence electrons. The molecule has 34 heavy (non-hydrogen) atoms. The van der Waals surface area contributed by atoms with E-state index in [-0.39, 0.29) is 5.91 Å². The molecule has 7 nitrogen and oxygen atoms in total. The fourth-order valence-electron chi connectivity index (χ4n) is 4.24. The maximum absolute atomic E-state index is 12.1. The minimum absolute atomic E-state index is 0.0505. The summed E-state index contributed by atoms with van der Waals surface area (Å²) >= 11 is 8.08. The molecule has 5 rings (SSSR count). The van der Waals surface area contributed by atoms with Gasteiger partial charge in [-0.1, -0.05) is 17.7 Å². The number of H-pyrrole nitrogens is 1. The van der Waals surface area contributed by atoms with E-state index in [1.807, 2.05) is 50.2 Å². The molecule has 1 aliphatic carbocycles. The molecule has 3 aromatic heterocycles. The van der Waals surface area contributed by atoms with E-state index >= 15 is 0 Å². The quantitative estimate of drug-likeness (QED) is 0.342. The summed E-state index contributed by atoms with van der Waals surface area (Å²) in [5.41, 5.74) is 4.44. The highest BCUT2D eigenvalue weighted by molar-refractivity contribution is 7.15. The van der Waals surface area contributed by atoms with Crippen molar-refractivity contribution in [3.63, 3.8) is 0 Å². The van der Waals surface area contributed by atoms with Crippen LogP contribution in [0.4, 0.5) is 5.69 Å². The van der Waals surface area contributed by atoms with E-state index in [1.165, 1.54) is 11.3 Å². The average molecular weight is 496 g/mol. The van der Waals surface area contributed by atoms with Gasteiger partial charge in [-0.2, -0.15) is 0 Å². The number of amides is 1. The number of carbonyl (C=O) groups is 1. The van der Waals surface area contributed by atoms with Crippen molar-refractivity contribution < 1.29 is 9.90 Å². The van der Waals surface area contributed by atoms with E-state index in [4.69, 9.17) is 11.6 Å².